The third kappa shape index (κ3) is 2.84. The van der Waals surface area contributed by atoms with E-state index in [0.717, 1.165) is 48.2 Å². The summed E-state index contributed by atoms with van der Waals surface area (Å²) in [5.74, 6) is 0.498. The number of carbonyl (C=O) groups is 1. The van der Waals surface area contributed by atoms with Crippen molar-refractivity contribution in [3.8, 4) is 0 Å². The standard InChI is InChI=1S/C26H30N2O2/c1-16-23-14-17-5-7-20(25(2,3)30)15-21(17)26(16,4)10-12-28(23)24(29)19-6-8-22-18(13-19)9-11-27-22/h5-8,11,13,15-16,23,30H,9-10,12,14H2,1-4H3/t16-,23-,26-/m1/s1. The number of hydrogen-bond donors (Lipinski definition) is 1. The van der Waals surface area contributed by atoms with Gasteiger partial charge in [0.25, 0.3) is 5.91 Å². The highest BCUT2D eigenvalue weighted by Crippen LogP contribution is 2.49. The average Bonchev–Trinajstić information content (AvgIpc) is 3.17. The Hall–Kier alpha value is -2.46. The molecule has 3 atom stereocenters. The van der Waals surface area contributed by atoms with Crippen molar-refractivity contribution in [2.75, 3.05) is 6.54 Å². The second-order valence-electron chi connectivity index (χ2n) is 10.0. The summed E-state index contributed by atoms with van der Waals surface area (Å²) in [5.41, 5.74) is 5.71. The van der Waals surface area contributed by atoms with Crippen molar-refractivity contribution >= 4 is 17.8 Å². The van der Waals surface area contributed by atoms with Crippen LogP contribution in [0.25, 0.3) is 0 Å². The van der Waals surface area contributed by atoms with E-state index in [1.165, 1.54) is 11.1 Å². The molecule has 2 heterocycles. The van der Waals surface area contributed by atoms with Crippen LogP contribution in [0, 0.1) is 5.92 Å². The summed E-state index contributed by atoms with van der Waals surface area (Å²) in [5, 5.41) is 10.5. The number of amides is 1. The summed E-state index contributed by atoms with van der Waals surface area (Å²) in [6, 6.07) is 12.5. The van der Waals surface area contributed by atoms with Gasteiger partial charge in [0.15, 0.2) is 0 Å². The lowest BCUT2D eigenvalue weighted by Gasteiger charge is -2.54. The molecule has 0 saturated carbocycles. The summed E-state index contributed by atoms with van der Waals surface area (Å²) in [6.45, 7) is 9.08. The van der Waals surface area contributed by atoms with Crippen LogP contribution in [0.2, 0.25) is 0 Å². The van der Waals surface area contributed by atoms with Crippen molar-refractivity contribution in [3.63, 3.8) is 0 Å². The van der Waals surface area contributed by atoms with Crippen molar-refractivity contribution in [2.24, 2.45) is 10.9 Å². The van der Waals surface area contributed by atoms with Crippen LogP contribution in [0.1, 0.15) is 66.7 Å². The second-order valence-corrected chi connectivity index (χ2v) is 10.0. The maximum absolute atomic E-state index is 13.5. The summed E-state index contributed by atoms with van der Waals surface area (Å²) in [6.07, 6.45) is 4.53. The Morgan fingerprint density at radius 2 is 2.00 bits per heavy atom. The van der Waals surface area contributed by atoms with E-state index in [1.54, 1.807) is 0 Å². The van der Waals surface area contributed by atoms with Crippen LogP contribution < -0.4 is 0 Å². The highest BCUT2D eigenvalue weighted by molar-refractivity contribution is 5.96. The normalized spacial score (nSPS) is 27.0. The SMILES string of the molecule is C[C@@H]1[C@H]2Cc3ccc(C(C)(C)O)cc3[C@]1(C)CCN2C(=O)c1ccc2c(c1)CC=N2. The molecule has 30 heavy (non-hydrogen) atoms. The fourth-order valence-corrected chi connectivity index (χ4v) is 5.67. The number of rotatable bonds is 2. The molecule has 1 aliphatic carbocycles. The number of carbonyl (C=O) groups excluding carboxylic acids is 1. The van der Waals surface area contributed by atoms with E-state index in [9.17, 15) is 9.90 Å². The lowest BCUT2D eigenvalue weighted by molar-refractivity contribution is 0.0248. The van der Waals surface area contributed by atoms with E-state index in [4.69, 9.17) is 0 Å². The minimum absolute atomic E-state index is 0.0159. The zero-order valence-corrected chi connectivity index (χ0v) is 18.3. The van der Waals surface area contributed by atoms with Crippen LogP contribution in [0.5, 0.6) is 0 Å². The first-order chi connectivity index (χ1) is 14.2. The maximum atomic E-state index is 13.5. The van der Waals surface area contributed by atoms with Gasteiger partial charge in [0, 0.05) is 30.8 Å². The largest absolute Gasteiger partial charge is 0.386 e. The van der Waals surface area contributed by atoms with Gasteiger partial charge in [-0.25, -0.2) is 0 Å². The Labute approximate surface area is 178 Å². The van der Waals surface area contributed by atoms with Gasteiger partial charge in [-0.2, -0.15) is 0 Å². The minimum Gasteiger partial charge on any atom is -0.386 e. The van der Waals surface area contributed by atoms with Gasteiger partial charge < -0.3 is 10.0 Å². The smallest absolute Gasteiger partial charge is 0.254 e. The van der Waals surface area contributed by atoms with Gasteiger partial charge in [0.2, 0.25) is 0 Å². The molecule has 4 nitrogen and oxygen atoms in total. The minimum atomic E-state index is -0.848. The first-order valence-corrected chi connectivity index (χ1v) is 11.0. The number of fused-ring (bicyclic) bond motifs is 5. The zero-order valence-electron chi connectivity index (χ0n) is 18.3. The predicted octanol–water partition coefficient (Wildman–Crippen LogP) is 4.54. The first-order valence-electron chi connectivity index (χ1n) is 11.0. The molecular weight excluding hydrogens is 372 g/mol. The van der Waals surface area contributed by atoms with Crippen molar-refractivity contribution in [3.05, 3.63) is 64.2 Å². The summed E-state index contributed by atoms with van der Waals surface area (Å²) >= 11 is 0. The van der Waals surface area contributed by atoms with E-state index < -0.39 is 5.60 Å². The van der Waals surface area contributed by atoms with Crippen molar-refractivity contribution in [2.45, 2.75) is 64.0 Å². The van der Waals surface area contributed by atoms with E-state index in [2.05, 4.69) is 35.9 Å². The van der Waals surface area contributed by atoms with Crippen LogP contribution >= 0.6 is 0 Å². The first kappa shape index (κ1) is 19.5. The molecule has 0 spiro atoms. The highest BCUT2D eigenvalue weighted by Gasteiger charge is 2.49. The number of benzene rings is 2. The van der Waals surface area contributed by atoms with Crippen LogP contribution in [-0.2, 0) is 23.9 Å². The molecule has 2 aliphatic heterocycles. The van der Waals surface area contributed by atoms with Gasteiger partial charge in [-0.1, -0.05) is 32.0 Å². The van der Waals surface area contributed by atoms with Gasteiger partial charge >= 0.3 is 0 Å². The molecular formula is C26H30N2O2. The molecule has 2 aromatic rings. The van der Waals surface area contributed by atoms with E-state index in [1.807, 2.05) is 44.3 Å². The molecule has 0 unspecified atom stereocenters. The van der Waals surface area contributed by atoms with Gasteiger partial charge in [0.1, 0.15) is 0 Å². The Morgan fingerprint density at radius 1 is 1.20 bits per heavy atom. The molecule has 1 fully saturated rings. The Bertz CT molecular complexity index is 1070. The molecule has 0 radical (unpaired) electrons. The van der Waals surface area contributed by atoms with Crippen LogP contribution in [0.3, 0.4) is 0 Å². The predicted molar refractivity (Wildman–Crippen MR) is 120 cm³/mol. The number of piperidine rings is 1. The number of aliphatic hydroxyl groups is 1. The summed E-state index contributed by atoms with van der Waals surface area (Å²) in [7, 11) is 0. The molecule has 1 saturated heterocycles. The van der Waals surface area contributed by atoms with Crippen molar-refractivity contribution in [1.29, 1.82) is 0 Å². The second kappa shape index (κ2) is 6.52. The summed E-state index contributed by atoms with van der Waals surface area (Å²) < 4.78 is 0. The maximum Gasteiger partial charge on any atom is 0.254 e. The van der Waals surface area contributed by atoms with Crippen molar-refractivity contribution in [1.82, 2.24) is 4.90 Å². The molecule has 4 heteroatoms. The van der Waals surface area contributed by atoms with E-state index in [-0.39, 0.29) is 17.4 Å². The topological polar surface area (TPSA) is 52.9 Å². The van der Waals surface area contributed by atoms with Crippen LogP contribution in [0.4, 0.5) is 5.69 Å². The number of aliphatic imine (C=N–C) groups is 1. The summed E-state index contributed by atoms with van der Waals surface area (Å²) in [4.78, 5) is 20.0. The molecule has 2 aromatic carbocycles. The third-order valence-electron chi connectivity index (χ3n) is 7.84. The lowest BCUT2D eigenvalue weighted by atomic mass is 9.58. The number of hydrogen-bond acceptors (Lipinski definition) is 3. The molecule has 3 aliphatic rings. The van der Waals surface area contributed by atoms with E-state index in [0.29, 0.717) is 5.92 Å². The third-order valence-corrected chi connectivity index (χ3v) is 7.84. The zero-order chi connectivity index (χ0) is 21.3. The van der Waals surface area contributed by atoms with Crippen LogP contribution in [0.15, 0.2) is 41.4 Å². The van der Waals surface area contributed by atoms with Gasteiger partial charge in [-0.3, -0.25) is 9.79 Å². The Morgan fingerprint density at radius 3 is 2.77 bits per heavy atom. The molecule has 1 amide bonds. The quantitative estimate of drug-likeness (QED) is 0.802. The Kier molecular flexibility index (Phi) is 4.24. The molecule has 0 aromatic heterocycles. The van der Waals surface area contributed by atoms with Gasteiger partial charge in [0.05, 0.1) is 11.3 Å². The number of nitrogens with zero attached hydrogens (tertiary/aromatic N) is 2. The molecule has 5 rings (SSSR count). The lowest BCUT2D eigenvalue weighted by Crippen LogP contribution is -2.59. The van der Waals surface area contributed by atoms with Crippen LogP contribution in [-0.4, -0.2) is 34.7 Å². The molecule has 156 valence electrons. The highest BCUT2D eigenvalue weighted by atomic mass is 16.3. The van der Waals surface area contributed by atoms with Crippen molar-refractivity contribution < 1.29 is 9.90 Å². The van der Waals surface area contributed by atoms with Gasteiger partial charge in [-0.15, -0.1) is 0 Å². The number of likely N-dealkylation sites (tertiary alicyclic amines) is 1. The Balaban J connectivity index is 1.49. The molecule has 2 bridgehead atoms. The molecule has 1 N–H and O–H groups in total. The average molecular weight is 403 g/mol. The van der Waals surface area contributed by atoms with Gasteiger partial charge in [-0.05, 0) is 78.5 Å². The van der Waals surface area contributed by atoms with E-state index >= 15 is 0 Å². The monoisotopic (exact) mass is 402 g/mol. The fraction of sp³-hybridized carbons (Fsp3) is 0.462. The fourth-order valence-electron chi connectivity index (χ4n) is 5.67.